The Morgan fingerprint density at radius 2 is 2.12 bits per heavy atom. The molecular weight excluding hydrogens is 216 g/mol. The van der Waals surface area contributed by atoms with Gasteiger partial charge in [0.25, 0.3) is 0 Å². The van der Waals surface area contributed by atoms with E-state index in [1.807, 2.05) is 13.8 Å². The number of aliphatic imine (C=N–C) groups is 1. The van der Waals surface area contributed by atoms with Gasteiger partial charge < -0.3 is 10.1 Å². The Bertz CT molecular complexity index is 309. The van der Waals surface area contributed by atoms with Gasteiger partial charge in [-0.15, -0.1) is 0 Å². The minimum Gasteiger partial charge on any atom is -0.370 e. The maximum atomic E-state index is 11.5. The van der Waals surface area contributed by atoms with Gasteiger partial charge in [-0.1, -0.05) is 19.3 Å². The standard InChI is InChI=1S/C13H22N2O2/c1-3-17-11(10-7-5-4-6-8-10)12-14-9(2)13(16)15-12/h9-11H,3-8H2,1-2H3,(H,14,15,16). The van der Waals surface area contributed by atoms with Crippen molar-refractivity contribution < 1.29 is 9.53 Å². The monoisotopic (exact) mass is 238 g/mol. The number of carbonyl (C=O) groups excluding carboxylic acids is 1. The Labute approximate surface area is 103 Å². The Kier molecular flexibility index (Phi) is 4.15. The van der Waals surface area contributed by atoms with E-state index in [4.69, 9.17) is 4.74 Å². The molecule has 17 heavy (non-hydrogen) atoms. The molecule has 1 fully saturated rings. The zero-order valence-electron chi connectivity index (χ0n) is 10.7. The second-order valence-electron chi connectivity index (χ2n) is 4.95. The smallest absolute Gasteiger partial charge is 0.249 e. The summed E-state index contributed by atoms with van der Waals surface area (Å²) >= 11 is 0. The van der Waals surface area contributed by atoms with Crippen LogP contribution >= 0.6 is 0 Å². The predicted molar refractivity (Wildman–Crippen MR) is 67.0 cm³/mol. The lowest BCUT2D eigenvalue weighted by atomic mass is 9.84. The second kappa shape index (κ2) is 5.63. The second-order valence-corrected chi connectivity index (χ2v) is 4.95. The fourth-order valence-corrected chi connectivity index (χ4v) is 2.73. The number of nitrogens with one attached hydrogen (secondary N) is 1. The lowest BCUT2D eigenvalue weighted by molar-refractivity contribution is -0.119. The molecule has 1 N–H and O–H groups in total. The first-order chi connectivity index (χ1) is 8.22. The average Bonchev–Trinajstić information content (AvgIpc) is 2.67. The van der Waals surface area contributed by atoms with E-state index in [9.17, 15) is 4.79 Å². The highest BCUT2D eigenvalue weighted by molar-refractivity contribution is 6.07. The van der Waals surface area contributed by atoms with E-state index in [1.165, 1.54) is 32.1 Å². The molecule has 0 saturated heterocycles. The van der Waals surface area contributed by atoms with Crippen LogP contribution in [-0.2, 0) is 9.53 Å². The fourth-order valence-electron chi connectivity index (χ4n) is 2.73. The highest BCUT2D eigenvalue weighted by atomic mass is 16.5. The topological polar surface area (TPSA) is 50.7 Å². The zero-order valence-corrected chi connectivity index (χ0v) is 10.7. The molecule has 1 aliphatic heterocycles. The first kappa shape index (κ1) is 12.6. The molecule has 4 heteroatoms. The summed E-state index contributed by atoms with van der Waals surface area (Å²) < 4.78 is 5.82. The number of hydrogen-bond donors (Lipinski definition) is 1. The SMILES string of the molecule is CCOC(C1=NC(C)C(=O)N1)C1CCCCC1. The molecule has 2 unspecified atom stereocenters. The van der Waals surface area contributed by atoms with Crippen LogP contribution < -0.4 is 5.32 Å². The number of amidine groups is 1. The molecule has 1 heterocycles. The van der Waals surface area contributed by atoms with Crippen molar-refractivity contribution in [1.82, 2.24) is 5.32 Å². The summed E-state index contributed by atoms with van der Waals surface area (Å²) in [6.45, 7) is 4.49. The van der Waals surface area contributed by atoms with E-state index in [-0.39, 0.29) is 18.1 Å². The summed E-state index contributed by atoms with van der Waals surface area (Å²) in [7, 11) is 0. The van der Waals surface area contributed by atoms with Gasteiger partial charge in [-0.05, 0) is 32.6 Å². The van der Waals surface area contributed by atoms with Crippen molar-refractivity contribution >= 4 is 11.7 Å². The molecule has 0 spiro atoms. The third-order valence-electron chi connectivity index (χ3n) is 3.66. The molecule has 96 valence electrons. The zero-order chi connectivity index (χ0) is 12.3. The number of hydrogen-bond acceptors (Lipinski definition) is 3. The van der Waals surface area contributed by atoms with E-state index in [1.54, 1.807) is 0 Å². The highest BCUT2D eigenvalue weighted by Crippen LogP contribution is 2.29. The van der Waals surface area contributed by atoms with Gasteiger partial charge in [0.2, 0.25) is 5.91 Å². The van der Waals surface area contributed by atoms with Crippen molar-refractivity contribution in [2.45, 2.75) is 58.1 Å². The third-order valence-corrected chi connectivity index (χ3v) is 3.66. The third kappa shape index (κ3) is 2.86. The molecule has 4 nitrogen and oxygen atoms in total. The Balaban J connectivity index is 2.06. The summed E-state index contributed by atoms with van der Waals surface area (Å²) in [5.41, 5.74) is 0. The van der Waals surface area contributed by atoms with E-state index in [0.29, 0.717) is 12.5 Å². The molecule has 1 amide bonds. The first-order valence-electron chi connectivity index (χ1n) is 6.72. The molecule has 0 aromatic carbocycles. The molecule has 1 saturated carbocycles. The number of carbonyl (C=O) groups is 1. The summed E-state index contributed by atoms with van der Waals surface area (Å²) in [4.78, 5) is 15.9. The predicted octanol–water partition coefficient (Wildman–Crippen LogP) is 1.89. The molecule has 2 rings (SSSR count). The van der Waals surface area contributed by atoms with Crippen molar-refractivity contribution in [1.29, 1.82) is 0 Å². The summed E-state index contributed by atoms with van der Waals surface area (Å²) in [6, 6.07) is -0.253. The van der Waals surface area contributed by atoms with Crippen molar-refractivity contribution in [2.24, 2.45) is 10.9 Å². The van der Waals surface area contributed by atoms with E-state index in [2.05, 4.69) is 10.3 Å². The molecule has 2 atom stereocenters. The van der Waals surface area contributed by atoms with Gasteiger partial charge in [0, 0.05) is 6.61 Å². The van der Waals surface area contributed by atoms with Gasteiger partial charge in [0.15, 0.2) is 0 Å². The number of amides is 1. The number of rotatable bonds is 4. The van der Waals surface area contributed by atoms with Crippen LogP contribution in [0.25, 0.3) is 0 Å². The minimum atomic E-state index is -0.253. The van der Waals surface area contributed by atoms with Crippen LogP contribution in [-0.4, -0.2) is 30.5 Å². The molecule has 0 radical (unpaired) electrons. The van der Waals surface area contributed by atoms with Crippen LogP contribution in [0, 0.1) is 5.92 Å². The van der Waals surface area contributed by atoms with Crippen LogP contribution in [0.15, 0.2) is 4.99 Å². The summed E-state index contributed by atoms with van der Waals surface area (Å²) in [5, 5.41) is 2.87. The van der Waals surface area contributed by atoms with Crippen molar-refractivity contribution in [3.63, 3.8) is 0 Å². The fraction of sp³-hybridized carbons (Fsp3) is 0.846. The summed E-state index contributed by atoms with van der Waals surface area (Å²) in [6.07, 6.45) is 6.23. The van der Waals surface area contributed by atoms with E-state index >= 15 is 0 Å². The van der Waals surface area contributed by atoms with Gasteiger partial charge in [-0.25, -0.2) is 0 Å². The summed E-state index contributed by atoms with van der Waals surface area (Å²) in [5.74, 6) is 1.28. The molecule has 0 aromatic heterocycles. The van der Waals surface area contributed by atoms with Gasteiger partial charge in [-0.2, -0.15) is 0 Å². The van der Waals surface area contributed by atoms with Crippen molar-refractivity contribution in [3.8, 4) is 0 Å². The molecule has 0 bridgehead atoms. The molecular formula is C13H22N2O2. The van der Waals surface area contributed by atoms with Gasteiger partial charge in [0.05, 0.1) is 0 Å². The van der Waals surface area contributed by atoms with Crippen molar-refractivity contribution in [3.05, 3.63) is 0 Å². The Morgan fingerprint density at radius 1 is 1.41 bits per heavy atom. The van der Waals surface area contributed by atoms with Gasteiger partial charge in [0.1, 0.15) is 18.0 Å². The number of nitrogens with zero attached hydrogens (tertiary/aromatic N) is 1. The van der Waals surface area contributed by atoms with Crippen LogP contribution in [0.5, 0.6) is 0 Å². The quantitative estimate of drug-likeness (QED) is 0.813. The maximum Gasteiger partial charge on any atom is 0.249 e. The largest absolute Gasteiger partial charge is 0.370 e. The minimum absolute atomic E-state index is 0.000475. The highest BCUT2D eigenvalue weighted by Gasteiger charge is 2.33. The maximum absolute atomic E-state index is 11.5. The van der Waals surface area contributed by atoms with Crippen molar-refractivity contribution in [2.75, 3.05) is 6.61 Å². The van der Waals surface area contributed by atoms with Crippen LogP contribution in [0.2, 0.25) is 0 Å². The Morgan fingerprint density at radius 3 is 2.65 bits per heavy atom. The molecule has 1 aliphatic carbocycles. The van der Waals surface area contributed by atoms with Gasteiger partial charge in [-0.3, -0.25) is 9.79 Å². The van der Waals surface area contributed by atoms with E-state index < -0.39 is 0 Å². The average molecular weight is 238 g/mol. The normalized spacial score (nSPS) is 27.8. The molecule has 0 aromatic rings. The van der Waals surface area contributed by atoms with E-state index in [0.717, 1.165) is 5.84 Å². The lowest BCUT2D eigenvalue weighted by Gasteiger charge is -2.29. The lowest BCUT2D eigenvalue weighted by Crippen LogP contribution is -2.41. The van der Waals surface area contributed by atoms with Crippen LogP contribution in [0.1, 0.15) is 46.0 Å². The van der Waals surface area contributed by atoms with Gasteiger partial charge >= 0.3 is 0 Å². The molecule has 2 aliphatic rings. The number of ether oxygens (including phenoxy) is 1. The van der Waals surface area contributed by atoms with Crippen LogP contribution in [0.3, 0.4) is 0 Å². The Hall–Kier alpha value is -0.900. The first-order valence-corrected chi connectivity index (χ1v) is 6.72. The van der Waals surface area contributed by atoms with Crippen LogP contribution in [0.4, 0.5) is 0 Å².